The van der Waals surface area contributed by atoms with E-state index in [2.05, 4.69) is 0 Å². The van der Waals surface area contributed by atoms with Crippen molar-refractivity contribution in [3.05, 3.63) is 0 Å². The summed E-state index contributed by atoms with van der Waals surface area (Å²) in [5, 5.41) is 15.9. The molecule has 52 valence electrons. The molecule has 0 aliphatic carbocycles. The Bertz CT molecular complexity index is 23.0. The molecular formula is C6H16O2. The van der Waals surface area contributed by atoms with E-state index in [1.54, 1.807) is 13.8 Å². The third-order valence-corrected chi connectivity index (χ3v) is 0.224. The van der Waals surface area contributed by atoms with Gasteiger partial charge in [-0.2, -0.15) is 0 Å². The lowest BCUT2D eigenvalue weighted by atomic mass is 10.5. The van der Waals surface area contributed by atoms with E-state index in [1.165, 1.54) is 0 Å². The Labute approximate surface area is 51.2 Å². The lowest BCUT2D eigenvalue weighted by Gasteiger charge is -1.80. The predicted molar refractivity (Wildman–Crippen MR) is 34.7 cm³/mol. The van der Waals surface area contributed by atoms with Crippen LogP contribution in [0.25, 0.3) is 0 Å². The normalized spacial score (nSPS) is 8.25. The van der Waals surface area contributed by atoms with Gasteiger partial charge in [0.05, 0.1) is 0 Å². The van der Waals surface area contributed by atoms with Crippen molar-refractivity contribution in [2.45, 2.75) is 33.3 Å². The molecule has 0 aromatic heterocycles. The molecule has 2 heteroatoms. The van der Waals surface area contributed by atoms with Gasteiger partial charge < -0.3 is 10.2 Å². The minimum absolute atomic E-state index is 0.167. The van der Waals surface area contributed by atoms with Crippen molar-refractivity contribution in [3.63, 3.8) is 0 Å². The fourth-order valence-electron chi connectivity index (χ4n) is 0. The fraction of sp³-hybridized carbons (Fsp3) is 1.00. The lowest BCUT2D eigenvalue weighted by Crippen LogP contribution is -1.85. The smallest absolute Gasteiger partial charge is 0.0483 e. The standard InChI is InChI=1S/2C3H8O/c1-3(2)4;1-2-3-4/h3-4H,1-2H3;4H,2-3H2,1H3. The maximum absolute atomic E-state index is 8.06. The number of hydrogen-bond donors (Lipinski definition) is 2. The summed E-state index contributed by atoms with van der Waals surface area (Å²) in [6.07, 6.45) is 0.708. The first-order valence-corrected chi connectivity index (χ1v) is 2.94. The van der Waals surface area contributed by atoms with Crippen LogP contribution in [-0.4, -0.2) is 22.9 Å². The average molecular weight is 120 g/mol. The van der Waals surface area contributed by atoms with E-state index >= 15 is 0 Å². The zero-order valence-electron chi connectivity index (χ0n) is 5.89. The quantitative estimate of drug-likeness (QED) is 0.536. The highest BCUT2D eigenvalue weighted by Gasteiger charge is 1.69. The highest BCUT2D eigenvalue weighted by atomic mass is 16.3. The van der Waals surface area contributed by atoms with E-state index in [0.29, 0.717) is 6.61 Å². The largest absolute Gasteiger partial charge is 0.396 e. The van der Waals surface area contributed by atoms with Gasteiger partial charge in [0.2, 0.25) is 0 Å². The molecule has 0 saturated heterocycles. The van der Waals surface area contributed by atoms with Crippen LogP contribution in [0.4, 0.5) is 0 Å². The molecule has 0 rings (SSSR count). The summed E-state index contributed by atoms with van der Waals surface area (Å²) < 4.78 is 0. The van der Waals surface area contributed by atoms with Crippen LogP contribution in [0.3, 0.4) is 0 Å². The van der Waals surface area contributed by atoms with Crippen molar-refractivity contribution in [2.75, 3.05) is 6.61 Å². The summed E-state index contributed by atoms with van der Waals surface area (Å²) in [5.41, 5.74) is 0. The van der Waals surface area contributed by atoms with Crippen molar-refractivity contribution in [1.82, 2.24) is 0 Å². The van der Waals surface area contributed by atoms with Gasteiger partial charge in [0.25, 0.3) is 0 Å². The fourth-order valence-corrected chi connectivity index (χ4v) is 0. The van der Waals surface area contributed by atoms with E-state index < -0.39 is 0 Å². The molecule has 0 unspecified atom stereocenters. The lowest BCUT2D eigenvalue weighted by molar-refractivity contribution is 0.216. The Hall–Kier alpha value is -0.0800. The van der Waals surface area contributed by atoms with Crippen LogP contribution in [0.5, 0.6) is 0 Å². The van der Waals surface area contributed by atoms with Crippen LogP contribution >= 0.6 is 0 Å². The van der Waals surface area contributed by atoms with Gasteiger partial charge in [-0.1, -0.05) is 6.92 Å². The van der Waals surface area contributed by atoms with E-state index in [4.69, 9.17) is 10.2 Å². The molecule has 0 heterocycles. The second-order valence-electron chi connectivity index (χ2n) is 1.82. The topological polar surface area (TPSA) is 40.5 Å². The number of hydrogen-bond acceptors (Lipinski definition) is 2. The van der Waals surface area contributed by atoms with Gasteiger partial charge in [0.1, 0.15) is 0 Å². The second kappa shape index (κ2) is 10.0. The van der Waals surface area contributed by atoms with Crippen LogP contribution in [-0.2, 0) is 0 Å². The summed E-state index contributed by atoms with van der Waals surface area (Å²) in [4.78, 5) is 0. The molecule has 2 nitrogen and oxygen atoms in total. The molecule has 0 aliphatic heterocycles. The molecule has 0 atom stereocenters. The Morgan fingerprint density at radius 3 is 1.50 bits per heavy atom. The highest BCUT2D eigenvalue weighted by molar-refractivity contribution is 4.20. The first-order chi connectivity index (χ1) is 3.65. The third-order valence-electron chi connectivity index (χ3n) is 0.224. The Morgan fingerprint density at radius 1 is 1.38 bits per heavy atom. The number of rotatable bonds is 1. The first kappa shape index (κ1) is 10.8. The minimum atomic E-state index is -0.167. The van der Waals surface area contributed by atoms with Gasteiger partial charge in [-0.3, -0.25) is 0 Å². The van der Waals surface area contributed by atoms with Crippen molar-refractivity contribution >= 4 is 0 Å². The highest BCUT2D eigenvalue weighted by Crippen LogP contribution is 1.65. The molecule has 0 amide bonds. The monoisotopic (exact) mass is 120 g/mol. The van der Waals surface area contributed by atoms with Crippen molar-refractivity contribution in [3.8, 4) is 0 Å². The van der Waals surface area contributed by atoms with Gasteiger partial charge in [-0.25, -0.2) is 0 Å². The molecule has 0 spiro atoms. The van der Waals surface area contributed by atoms with Crippen LogP contribution < -0.4 is 0 Å². The van der Waals surface area contributed by atoms with Crippen LogP contribution in [0, 0.1) is 0 Å². The average Bonchev–Trinajstić information content (AvgIpc) is 1.65. The first-order valence-electron chi connectivity index (χ1n) is 2.94. The van der Waals surface area contributed by atoms with E-state index in [9.17, 15) is 0 Å². The second-order valence-corrected chi connectivity index (χ2v) is 1.82. The SMILES string of the molecule is CC(C)O.CCCO. The maximum Gasteiger partial charge on any atom is 0.0483 e. The Balaban J connectivity index is 0. The molecule has 2 N–H and O–H groups in total. The van der Waals surface area contributed by atoms with Crippen molar-refractivity contribution in [2.24, 2.45) is 0 Å². The molecule has 0 fully saturated rings. The zero-order valence-corrected chi connectivity index (χ0v) is 5.89. The Kier molecular flexibility index (Phi) is 13.6. The van der Waals surface area contributed by atoms with E-state index in [0.717, 1.165) is 6.42 Å². The molecule has 8 heavy (non-hydrogen) atoms. The van der Waals surface area contributed by atoms with Gasteiger partial charge in [-0.05, 0) is 20.3 Å². The van der Waals surface area contributed by atoms with Crippen LogP contribution in [0.15, 0.2) is 0 Å². The molecular weight excluding hydrogens is 104 g/mol. The summed E-state index contributed by atoms with van der Waals surface area (Å²) in [6.45, 7) is 5.69. The molecule has 0 aromatic rings. The van der Waals surface area contributed by atoms with Gasteiger partial charge in [0, 0.05) is 12.7 Å². The molecule has 0 saturated carbocycles. The molecule has 0 radical (unpaired) electrons. The zero-order chi connectivity index (χ0) is 6.99. The van der Waals surface area contributed by atoms with Crippen LogP contribution in [0.1, 0.15) is 27.2 Å². The van der Waals surface area contributed by atoms with Crippen LogP contribution in [0.2, 0.25) is 0 Å². The summed E-state index contributed by atoms with van der Waals surface area (Å²) in [7, 11) is 0. The van der Waals surface area contributed by atoms with Gasteiger partial charge in [-0.15, -0.1) is 0 Å². The molecule has 0 aromatic carbocycles. The van der Waals surface area contributed by atoms with Gasteiger partial charge in [0.15, 0.2) is 0 Å². The third kappa shape index (κ3) is 169. The Morgan fingerprint density at radius 2 is 1.50 bits per heavy atom. The maximum atomic E-state index is 8.06. The van der Waals surface area contributed by atoms with Gasteiger partial charge >= 0.3 is 0 Å². The summed E-state index contributed by atoms with van der Waals surface area (Å²) in [6, 6.07) is 0. The summed E-state index contributed by atoms with van der Waals surface area (Å²) >= 11 is 0. The minimum Gasteiger partial charge on any atom is -0.396 e. The van der Waals surface area contributed by atoms with Crippen molar-refractivity contribution in [1.29, 1.82) is 0 Å². The number of aliphatic hydroxyl groups is 2. The predicted octanol–water partition coefficient (Wildman–Crippen LogP) is 0.776. The van der Waals surface area contributed by atoms with Crippen molar-refractivity contribution < 1.29 is 10.2 Å². The molecule has 0 aliphatic rings. The molecule has 0 bridgehead atoms. The number of aliphatic hydroxyl groups excluding tert-OH is 2. The van der Waals surface area contributed by atoms with E-state index in [1.807, 2.05) is 6.92 Å². The van der Waals surface area contributed by atoms with E-state index in [-0.39, 0.29) is 6.10 Å². The summed E-state index contributed by atoms with van der Waals surface area (Å²) in [5.74, 6) is 0.